The Hall–Kier alpha value is -3.61. The van der Waals surface area contributed by atoms with Crippen molar-refractivity contribution in [3.05, 3.63) is 76.3 Å². The van der Waals surface area contributed by atoms with Crippen molar-refractivity contribution in [3.63, 3.8) is 0 Å². The largest absolute Gasteiger partial charge is 0.502 e. The Bertz CT molecular complexity index is 971. The summed E-state index contributed by atoms with van der Waals surface area (Å²) in [5.41, 5.74) is -0.306. The first-order valence-corrected chi connectivity index (χ1v) is 7.92. The molecule has 132 valence electrons. The number of rotatable bonds is 6. The molecule has 0 saturated heterocycles. The molecule has 3 aromatic rings. The van der Waals surface area contributed by atoms with E-state index in [0.717, 1.165) is 22.9 Å². The number of carbonyl (C=O) groups excluding carboxylic acids is 1. The van der Waals surface area contributed by atoms with Gasteiger partial charge < -0.3 is 15.2 Å². The minimum absolute atomic E-state index is 0.138. The van der Waals surface area contributed by atoms with Crippen molar-refractivity contribution in [3.8, 4) is 11.5 Å². The van der Waals surface area contributed by atoms with Gasteiger partial charge in [0, 0.05) is 11.6 Å². The van der Waals surface area contributed by atoms with E-state index in [1.807, 2.05) is 42.5 Å². The molecule has 3 rings (SSSR count). The predicted molar refractivity (Wildman–Crippen MR) is 96.5 cm³/mol. The molecule has 7 heteroatoms. The molecular formula is C19H16N2O5. The maximum Gasteiger partial charge on any atom is 0.310 e. The van der Waals surface area contributed by atoms with Crippen LogP contribution in [0.2, 0.25) is 0 Å². The van der Waals surface area contributed by atoms with Crippen molar-refractivity contribution in [2.45, 2.75) is 0 Å². The van der Waals surface area contributed by atoms with Crippen molar-refractivity contribution in [2.75, 3.05) is 13.2 Å². The summed E-state index contributed by atoms with van der Waals surface area (Å²) in [5.74, 6) is -0.293. The molecule has 1 amide bonds. The Balaban J connectivity index is 1.53. The van der Waals surface area contributed by atoms with Crippen LogP contribution in [-0.4, -0.2) is 29.1 Å². The summed E-state index contributed by atoms with van der Waals surface area (Å²) in [6, 6.07) is 17.1. The second-order valence-corrected chi connectivity index (χ2v) is 5.57. The van der Waals surface area contributed by atoms with E-state index in [4.69, 9.17) is 4.74 Å². The standard InChI is InChI=1S/C19H16N2O5/c22-18-12-15(6-8-17(18)21(24)25)19(23)20-9-10-26-16-7-5-13-3-1-2-4-14(13)11-16/h1-8,11-12,22H,9-10H2,(H,20,23). The highest BCUT2D eigenvalue weighted by Crippen LogP contribution is 2.26. The van der Waals surface area contributed by atoms with Crippen LogP contribution < -0.4 is 10.1 Å². The van der Waals surface area contributed by atoms with E-state index >= 15 is 0 Å². The van der Waals surface area contributed by atoms with E-state index in [1.165, 1.54) is 6.07 Å². The normalized spacial score (nSPS) is 10.5. The highest BCUT2D eigenvalue weighted by atomic mass is 16.6. The molecule has 0 aliphatic rings. The van der Waals surface area contributed by atoms with Crippen LogP contribution >= 0.6 is 0 Å². The minimum Gasteiger partial charge on any atom is -0.502 e. The number of amides is 1. The Morgan fingerprint density at radius 1 is 1.08 bits per heavy atom. The molecule has 0 spiro atoms. The number of phenols is 1. The average Bonchev–Trinajstić information content (AvgIpc) is 2.64. The van der Waals surface area contributed by atoms with Crippen LogP contribution in [0.5, 0.6) is 11.5 Å². The number of aromatic hydroxyl groups is 1. The van der Waals surface area contributed by atoms with E-state index in [0.29, 0.717) is 5.75 Å². The lowest BCUT2D eigenvalue weighted by Crippen LogP contribution is -2.28. The molecule has 26 heavy (non-hydrogen) atoms. The molecule has 0 aliphatic carbocycles. The number of nitro groups is 1. The Morgan fingerprint density at radius 3 is 2.58 bits per heavy atom. The average molecular weight is 352 g/mol. The van der Waals surface area contributed by atoms with Gasteiger partial charge in [0.1, 0.15) is 12.4 Å². The molecule has 0 heterocycles. The number of nitro benzene ring substituents is 1. The second kappa shape index (κ2) is 7.52. The lowest BCUT2D eigenvalue weighted by Gasteiger charge is -2.09. The molecule has 7 nitrogen and oxygen atoms in total. The predicted octanol–water partition coefficient (Wildman–Crippen LogP) is 3.26. The highest BCUT2D eigenvalue weighted by molar-refractivity contribution is 5.95. The van der Waals surface area contributed by atoms with Crippen molar-refractivity contribution in [1.82, 2.24) is 5.32 Å². The summed E-state index contributed by atoms with van der Waals surface area (Å²) in [7, 11) is 0. The van der Waals surface area contributed by atoms with Crippen LogP contribution in [0, 0.1) is 10.1 Å². The number of phenolic OH excluding ortho intramolecular Hbond substituents is 1. The Labute approximate surface area is 149 Å². The lowest BCUT2D eigenvalue weighted by molar-refractivity contribution is -0.385. The zero-order valence-corrected chi connectivity index (χ0v) is 13.7. The van der Waals surface area contributed by atoms with E-state index in [-0.39, 0.29) is 18.7 Å². The van der Waals surface area contributed by atoms with Gasteiger partial charge >= 0.3 is 5.69 Å². The number of ether oxygens (including phenoxy) is 1. The maximum atomic E-state index is 12.0. The van der Waals surface area contributed by atoms with E-state index < -0.39 is 22.3 Å². The first kappa shape index (κ1) is 17.2. The highest BCUT2D eigenvalue weighted by Gasteiger charge is 2.15. The molecule has 3 aromatic carbocycles. The third-order valence-electron chi connectivity index (χ3n) is 3.81. The van der Waals surface area contributed by atoms with Gasteiger partial charge in [0.05, 0.1) is 11.5 Å². The number of hydrogen-bond acceptors (Lipinski definition) is 5. The number of nitrogens with zero attached hydrogens (tertiary/aromatic N) is 1. The fourth-order valence-electron chi connectivity index (χ4n) is 2.51. The van der Waals surface area contributed by atoms with Crippen LogP contribution in [0.15, 0.2) is 60.7 Å². The Kier molecular flexibility index (Phi) is 4.98. The minimum atomic E-state index is -0.714. The van der Waals surface area contributed by atoms with Gasteiger partial charge in [-0.25, -0.2) is 0 Å². The summed E-state index contributed by atoms with van der Waals surface area (Å²) in [6.45, 7) is 0.520. The fourth-order valence-corrected chi connectivity index (χ4v) is 2.51. The molecule has 0 radical (unpaired) electrons. The van der Waals surface area contributed by atoms with E-state index in [9.17, 15) is 20.0 Å². The van der Waals surface area contributed by atoms with Gasteiger partial charge in [-0.3, -0.25) is 14.9 Å². The Morgan fingerprint density at radius 2 is 1.85 bits per heavy atom. The molecular weight excluding hydrogens is 336 g/mol. The molecule has 0 aliphatic heterocycles. The molecule has 2 N–H and O–H groups in total. The summed E-state index contributed by atoms with van der Waals surface area (Å²) in [4.78, 5) is 22.0. The van der Waals surface area contributed by atoms with E-state index in [2.05, 4.69) is 5.32 Å². The summed E-state index contributed by atoms with van der Waals surface area (Å²) < 4.78 is 5.62. The zero-order valence-electron chi connectivity index (χ0n) is 13.7. The van der Waals surface area contributed by atoms with Crippen LogP contribution in [0.25, 0.3) is 10.8 Å². The van der Waals surface area contributed by atoms with Gasteiger partial charge in [-0.1, -0.05) is 30.3 Å². The number of hydrogen-bond donors (Lipinski definition) is 2. The van der Waals surface area contributed by atoms with Crippen molar-refractivity contribution in [2.24, 2.45) is 0 Å². The zero-order chi connectivity index (χ0) is 18.5. The lowest BCUT2D eigenvalue weighted by atomic mass is 10.1. The van der Waals surface area contributed by atoms with Crippen molar-refractivity contribution >= 4 is 22.4 Å². The van der Waals surface area contributed by atoms with Gasteiger partial charge in [-0.2, -0.15) is 0 Å². The van der Waals surface area contributed by atoms with Gasteiger partial charge in [0.15, 0.2) is 5.75 Å². The SMILES string of the molecule is O=C(NCCOc1ccc2ccccc2c1)c1ccc([N+](=O)[O-])c(O)c1. The van der Waals surface area contributed by atoms with Crippen LogP contribution in [-0.2, 0) is 0 Å². The number of fused-ring (bicyclic) bond motifs is 1. The van der Waals surface area contributed by atoms with Crippen molar-refractivity contribution in [1.29, 1.82) is 0 Å². The third-order valence-corrected chi connectivity index (χ3v) is 3.81. The first-order chi connectivity index (χ1) is 12.5. The number of nitrogens with one attached hydrogen (secondary N) is 1. The second-order valence-electron chi connectivity index (χ2n) is 5.57. The van der Waals surface area contributed by atoms with Crippen LogP contribution in [0.4, 0.5) is 5.69 Å². The summed E-state index contributed by atoms with van der Waals surface area (Å²) >= 11 is 0. The third kappa shape index (κ3) is 3.89. The molecule has 0 saturated carbocycles. The maximum absolute atomic E-state index is 12.0. The van der Waals surface area contributed by atoms with Gasteiger partial charge in [0.25, 0.3) is 5.91 Å². The fraction of sp³-hybridized carbons (Fsp3) is 0.105. The topological polar surface area (TPSA) is 102 Å². The van der Waals surface area contributed by atoms with E-state index in [1.54, 1.807) is 0 Å². The summed E-state index contributed by atoms with van der Waals surface area (Å²) in [6.07, 6.45) is 0. The number of carbonyl (C=O) groups is 1. The molecule has 0 aromatic heterocycles. The molecule has 0 bridgehead atoms. The quantitative estimate of drug-likeness (QED) is 0.403. The van der Waals surface area contributed by atoms with Crippen LogP contribution in [0.3, 0.4) is 0 Å². The number of benzene rings is 3. The monoisotopic (exact) mass is 352 g/mol. The van der Waals surface area contributed by atoms with Gasteiger partial charge in [-0.15, -0.1) is 0 Å². The first-order valence-electron chi connectivity index (χ1n) is 7.92. The molecule has 0 fully saturated rings. The van der Waals surface area contributed by atoms with Crippen LogP contribution in [0.1, 0.15) is 10.4 Å². The smallest absolute Gasteiger partial charge is 0.310 e. The molecule has 0 atom stereocenters. The van der Waals surface area contributed by atoms with Gasteiger partial charge in [-0.05, 0) is 35.0 Å². The van der Waals surface area contributed by atoms with Gasteiger partial charge in [0.2, 0.25) is 0 Å². The van der Waals surface area contributed by atoms with Crippen molar-refractivity contribution < 1.29 is 19.6 Å². The molecule has 0 unspecified atom stereocenters. The summed E-state index contributed by atoms with van der Waals surface area (Å²) in [5, 5.41) is 25.0.